The van der Waals surface area contributed by atoms with E-state index in [4.69, 9.17) is 18.9 Å². The van der Waals surface area contributed by atoms with Crippen LogP contribution in [-0.4, -0.2) is 63.6 Å². The summed E-state index contributed by atoms with van der Waals surface area (Å²) in [5.41, 5.74) is 0. The van der Waals surface area contributed by atoms with Crippen LogP contribution in [0.15, 0.2) is 12.7 Å². The molecule has 0 aromatic heterocycles. The molecular formula is C23H38N2O8. The Morgan fingerprint density at radius 3 is 1.70 bits per heavy atom. The summed E-state index contributed by atoms with van der Waals surface area (Å²) in [4.78, 5) is 45.2. The van der Waals surface area contributed by atoms with E-state index in [2.05, 4.69) is 17.2 Å². The van der Waals surface area contributed by atoms with Crippen molar-refractivity contribution in [2.75, 3.05) is 39.5 Å². The van der Waals surface area contributed by atoms with Crippen LogP contribution in [0.25, 0.3) is 0 Å². The third-order valence-electron chi connectivity index (χ3n) is 5.22. The molecule has 2 unspecified atom stereocenters. The average molecular weight is 471 g/mol. The topological polar surface area (TPSA) is 129 Å². The van der Waals surface area contributed by atoms with Crippen molar-refractivity contribution >= 4 is 24.1 Å². The van der Waals surface area contributed by atoms with Gasteiger partial charge in [0.1, 0.15) is 0 Å². The normalized spacial score (nSPS) is 17.4. The van der Waals surface area contributed by atoms with E-state index in [1.54, 1.807) is 0 Å². The van der Waals surface area contributed by atoms with Crippen LogP contribution >= 0.6 is 0 Å². The van der Waals surface area contributed by atoms with Crippen LogP contribution < -0.4 is 10.6 Å². The first-order chi connectivity index (χ1) is 15.9. The van der Waals surface area contributed by atoms with E-state index in [1.165, 1.54) is 6.92 Å². The number of hydrogen-bond acceptors (Lipinski definition) is 8. The van der Waals surface area contributed by atoms with Gasteiger partial charge >= 0.3 is 24.1 Å². The number of amides is 2. The maximum absolute atomic E-state index is 11.8. The number of hydrogen-bond donors (Lipinski definition) is 2. The minimum absolute atomic E-state index is 0.264. The molecule has 1 rings (SSSR count). The van der Waals surface area contributed by atoms with Crippen molar-refractivity contribution in [3.63, 3.8) is 0 Å². The largest absolute Gasteiger partial charge is 0.466 e. The van der Waals surface area contributed by atoms with Gasteiger partial charge in [-0.15, -0.1) is 0 Å². The molecule has 2 atom stereocenters. The second-order valence-corrected chi connectivity index (χ2v) is 8.06. The number of nitrogens with one attached hydrogen (secondary N) is 2. The molecule has 0 aliphatic heterocycles. The zero-order valence-corrected chi connectivity index (χ0v) is 19.6. The van der Waals surface area contributed by atoms with Crippen LogP contribution in [0.4, 0.5) is 9.59 Å². The second kappa shape index (κ2) is 17.7. The summed E-state index contributed by atoms with van der Waals surface area (Å²) in [6.07, 6.45) is 6.74. The van der Waals surface area contributed by atoms with E-state index in [9.17, 15) is 19.2 Å². The van der Waals surface area contributed by atoms with Gasteiger partial charge in [-0.1, -0.05) is 13.0 Å². The number of carbonyl (C=O) groups is 4. The number of esters is 2. The van der Waals surface area contributed by atoms with Gasteiger partial charge < -0.3 is 29.6 Å². The molecule has 2 N–H and O–H groups in total. The van der Waals surface area contributed by atoms with Crippen LogP contribution in [-0.2, 0) is 28.5 Å². The molecule has 188 valence electrons. The highest BCUT2D eigenvalue weighted by Crippen LogP contribution is 2.28. The van der Waals surface area contributed by atoms with Crippen molar-refractivity contribution in [3.05, 3.63) is 12.7 Å². The predicted octanol–water partition coefficient (Wildman–Crippen LogP) is 3.10. The van der Waals surface area contributed by atoms with Crippen LogP contribution in [0.3, 0.4) is 0 Å². The van der Waals surface area contributed by atoms with Gasteiger partial charge in [0, 0.05) is 26.1 Å². The molecule has 0 aromatic carbocycles. The molecule has 1 aliphatic rings. The number of alkyl carbamates (subject to hydrolysis) is 2. The van der Waals surface area contributed by atoms with Gasteiger partial charge in [0.25, 0.3) is 0 Å². The molecule has 0 spiro atoms. The molecule has 0 bridgehead atoms. The fourth-order valence-electron chi connectivity index (χ4n) is 3.52. The Hall–Kier alpha value is -2.78. The molecule has 1 fully saturated rings. The van der Waals surface area contributed by atoms with Crippen molar-refractivity contribution in [2.24, 2.45) is 11.8 Å². The Balaban J connectivity index is 2.06. The Labute approximate surface area is 195 Å². The summed E-state index contributed by atoms with van der Waals surface area (Å²) in [5, 5.41) is 5.61. The Bertz CT molecular complexity index is 626. The minimum atomic E-state index is -0.459. The molecular weight excluding hydrogens is 432 g/mol. The first-order valence-electron chi connectivity index (χ1n) is 11.6. The standard InChI is InChI=1S/C23H38N2O8/c1-3-21(27)31-12-5-7-14-33-23(29)25-17-20-10-8-9-19(15-20)16-24-22(28)32-13-6-4-11-30-18(2)26/h3,19-20H,1,4-17H2,2H3,(H,24,28)(H,25,29). The van der Waals surface area contributed by atoms with Crippen LogP contribution in [0.2, 0.25) is 0 Å². The number of unbranched alkanes of at least 4 members (excludes halogenated alkanes) is 2. The zero-order valence-electron chi connectivity index (χ0n) is 19.6. The lowest BCUT2D eigenvalue weighted by Crippen LogP contribution is -2.36. The molecule has 10 heteroatoms. The van der Waals surface area contributed by atoms with Gasteiger partial charge in [0.05, 0.1) is 26.4 Å². The van der Waals surface area contributed by atoms with Gasteiger partial charge in [-0.25, -0.2) is 14.4 Å². The van der Waals surface area contributed by atoms with Crippen molar-refractivity contribution < 1.29 is 38.1 Å². The van der Waals surface area contributed by atoms with Gasteiger partial charge in [-0.3, -0.25) is 4.79 Å². The Kier molecular flexibility index (Phi) is 15.2. The lowest BCUT2D eigenvalue weighted by Gasteiger charge is -2.29. The highest BCUT2D eigenvalue weighted by Gasteiger charge is 2.23. The van der Waals surface area contributed by atoms with Crippen molar-refractivity contribution in [3.8, 4) is 0 Å². The fourth-order valence-corrected chi connectivity index (χ4v) is 3.52. The molecule has 0 radical (unpaired) electrons. The first kappa shape index (κ1) is 28.3. The predicted molar refractivity (Wildman–Crippen MR) is 120 cm³/mol. The summed E-state index contributed by atoms with van der Waals surface area (Å²) in [6, 6.07) is 0. The van der Waals surface area contributed by atoms with E-state index in [0.717, 1.165) is 31.8 Å². The van der Waals surface area contributed by atoms with Gasteiger partial charge in [-0.2, -0.15) is 0 Å². The number of ether oxygens (including phenoxy) is 4. The molecule has 1 aliphatic carbocycles. The van der Waals surface area contributed by atoms with Gasteiger partial charge in [-0.05, 0) is 56.8 Å². The SMILES string of the molecule is C=CC(=O)OCCCCOC(=O)NCC1CCCC(CNC(=O)OCCCCOC(C)=O)C1. The molecule has 0 saturated heterocycles. The average Bonchev–Trinajstić information content (AvgIpc) is 2.80. The number of rotatable bonds is 15. The maximum Gasteiger partial charge on any atom is 0.407 e. The third kappa shape index (κ3) is 15.6. The van der Waals surface area contributed by atoms with Crippen molar-refractivity contribution in [1.29, 1.82) is 0 Å². The van der Waals surface area contributed by atoms with Crippen LogP contribution in [0, 0.1) is 11.8 Å². The lowest BCUT2D eigenvalue weighted by atomic mass is 9.81. The highest BCUT2D eigenvalue weighted by atomic mass is 16.6. The Morgan fingerprint density at radius 2 is 1.24 bits per heavy atom. The molecule has 2 amide bonds. The quantitative estimate of drug-likeness (QED) is 0.162. The van der Waals surface area contributed by atoms with E-state index in [1.807, 2.05) is 0 Å². The summed E-state index contributed by atoms with van der Waals surface area (Å²) in [5.74, 6) is -0.0862. The molecule has 1 saturated carbocycles. The summed E-state index contributed by atoms with van der Waals surface area (Å²) < 4.78 is 19.9. The summed E-state index contributed by atoms with van der Waals surface area (Å²) in [6.45, 7) is 6.92. The summed E-state index contributed by atoms with van der Waals surface area (Å²) >= 11 is 0. The fraction of sp³-hybridized carbons (Fsp3) is 0.739. The molecule has 0 aromatic rings. The van der Waals surface area contributed by atoms with E-state index >= 15 is 0 Å². The third-order valence-corrected chi connectivity index (χ3v) is 5.22. The molecule has 10 nitrogen and oxygen atoms in total. The molecule has 0 heterocycles. The zero-order chi connectivity index (χ0) is 24.3. The Morgan fingerprint density at radius 1 is 0.788 bits per heavy atom. The van der Waals surface area contributed by atoms with Crippen LogP contribution in [0.1, 0.15) is 58.3 Å². The monoisotopic (exact) mass is 470 g/mol. The smallest absolute Gasteiger partial charge is 0.407 e. The summed E-state index contributed by atoms with van der Waals surface area (Å²) in [7, 11) is 0. The lowest BCUT2D eigenvalue weighted by molar-refractivity contribution is -0.141. The van der Waals surface area contributed by atoms with Crippen LogP contribution in [0.5, 0.6) is 0 Å². The minimum Gasteiger partial charge on any atom is -0.466 e. The number of carbonyl (C=O) groups excluding carboxylic acids is 4. The van der Waals surface area contributed by atoms with E-state index < -0.39 is 18.2 Å². The highest BCUT2D eigenvalue weighted by molar-refractivity contribution is 5.81. The molecule has 33 heavy (non-hydrogen) atoms. The second-order valence-electron chi connectivity index (χ2n) is 8.06. The van der Waals surface area contributed by atoms with Crippen molar-refractivity contribution in [2.45, 2.75) is 58.3 Å². The van der Waals surface area contributed by atoms with Gasteiger partial charge in [0.15, 0.2) is 0 Å². The maximum atomic E-state index is 11.8. The van der Waals surface area contributed by atoms with E-state index in [0.29, 0.717) is 57.2 Å². The van der Waals surface area contributed by atoms with Crippen molar-refractivity contribution in [1.82, 2.24) is 10.6 Å². The van der Waals surface area contributed by atoms with Gasteiger partial charge in [0.2, 0.25) is 0 Å². The van der Waals surface area contributed by atoms with E-state index in [-0.39, 0.29) is 25.8 Å². The first-order valence-corrected chi connectivity index (χ1v) is 11.6.